The molecule has 164 valence electrons. The van der Waals surface area contributed by atoms with Crippen molar-refractivity contribution in [1.82, 2.24) is 0 Å². The highest BCUT2D eigenvalue weighted by molar-refractivity contribution is 5.64. The van der Waals surface area contributed by atoms with Gasteiger partial charge in [-0.2, -0.15) is 5.26 Å². The van der Waals surface area contributed by atoms with Crippen LogP contribution in [0.2, 0.25) is 0 Å². The lowest BCUT2D eigenvalue weighted by molar-refractivity contribution is 0.544. The molecule has 4 aromatic rings. The maximum absolute atomic E-state index is 14.9. The lowest BCUT2D eigenvalue weighted by Crippen LogP contribution is -2.04. The van der Waals surface area contributed by atoms with Crippen LogP contribution in [0.5, 0.6) is 0 Å². The van der Waals surface area contributed by atoms with Crippen molar-refractivity contribution < 1.29 is 8.78 Å². The number of halogens is 2. The van der Waals surface area contributed by atoms with Crippen LogP contribution in [0.1, 0.15) is 40.7 Å². The zero-order valence-corrected chi connectivity index (χ0v) is 18.6. The number of benzene rings is 4. The lowest BCUT2D eigenvalue weighted by atomic mass is 9.92. The van der Waals surface area contributed by atoms with Crippen molar-refractivity contribution in [3.63, 3.8) is 0 Å². The molecule has 0 aromatic heterocycles. The van der Waals surface area contributed by atoms with E-state index in [9.17, 15) is 8.78 Å². The number of nitrogens with zero attached hydrogens (tertiary/aromatic N) is 1. The highest BCUT2D eigenvalue weighted by atomic mass is 19.1. The van der Waals surface area contributed by atoms with E-state index in [2.05, 4.69) is 6.07 Å². The van der Waals surface area contributed by atoms with Gasteiger partial charge in [-0.1, -0.05) is 73.7 Å². The molecule has 0 N–H and O–H groups in total. The minimum atomic E-state index is -0.502. The summed E-state index contributed by atoms with van der Waals surface area (Å²) in [7, 11) is 0. The first kappa shape index (κ1) is 22.4. The highest BCUT2D eigenvalue weighted by Crippen LogP contribution is 2.29. The summed E-state index contributed by atoms with van der Waals surface area (Å²) in [5, 5.41) is 8.89. The van der Waals surface area contributed by atoms with Gasteiger partial charge in [0.1, 0.15) is 11.6 Å². The van der Waals surface area contributed by atoms with Crippen LogP contribution < -0.4 is 0 Å². The molecule has 0 spiro atoms. The summed E-state index contributed by atoms with van der Waals surface area (Å²) < 4.78 is 29.7. The number of hydrogen-bond donors (Lipinski definition) is 0. The van der Waals surface area contributed by atoms with Gasteiger partial charge in [-0.05, 0) is 77.3 Å². The molecule has 4 rings (SSSR count). The van der Waals surface area contributed by atoms with Crippen LogP contribution in [0.4, 0.5) is 8.78 Å². The Morgan fingerprint density at radius 2 is 1.27 bits per heavy atom. The molecule has 0 heterocycles. The number of nitriles is 1. The third kappa shape index (κ3) is 5.54. The van der Waals surface area contributed by atoms with Gasteiger partial charge in [0, 0.05) is 5.56 Å². The Morgan fingerprint density at radius 1 is 0.727 bits per heavy atom. The van der Waals surface area contributed by atoms with E-state index < -0.39 is 11.6 Å². The van der Waals surface area contributed by atoms with E-state index in [1.54, 1.807) is 0 Å². The van der Waals surface area contributed by atoms with Gasteiger partial charge >= 0.3 is 0 Å². The van der Waals surface area contributed by atoms with E-state index in [4.69, 9.17) is 5.26 Å². The van der Waals surface area contributed by atoms with Gasteiger partial charge < -0.3 is 0 Å². The Kier molecular flexibility index (Phi) is 6.95. The van der Waals surface area contributed by atoms with Crippen molar-refractivity contribution in [3.05, 3.63) is 130 Å². The molecule has 4 aromatic carbocycles. The summed E-state index contributed by atoms with van der Waals surface area (Å²) in [4.78, 5) is 0. The predicted octanol–water partition coefficient (Wildman–Crippen LogP) is 7.63. The van der Waals surface area contributed by atoms with Gasteiger partial charge in [0.25, 0.3) is 0 Å². The van der Waals surface area contributed by atoms with Crippen LogP contribution in [0.3, 0.4) is 0 Å². The van der Waals surface area contributed by atoms with Crippen LogP contribution in [0, 0.1) is 23.0 Å². The zero-order chi connectivity index (χ0) is 23.2. The molecule has 1 atom stereocenters. The van der Waals surface area contributed by atoms with Gasteiger partial charge in [-0.15, -0.1) is 0 Å². The van der Waals surface area contributed by atoms with Crippen molar-refractivity contribution in [2.24, 2.45) is 0 Å². The Balaban J connectivity index is 1.44. The zero-order valence-electron chi connectivity index (χ0n) is 18.6. The van der Waals surface area contributed by atoms with E-state index in [0.29, 0.717) is 17.5 Å². The van der Waals surface area contributed by atoms with Crippen LogP contribution in [-0.2, 0) is 19.3 Å². The Bertz CT molecular complexity index is 1230. The molecule has 0 aliphatic carbocycles. The molecule has 3 heteroatoms. The summed E-state index contributed by atoms with van der Waals surface area (Å²) in [6.45, 7) is 1.98. The first-order chi connectivity index (χ1) is 16.0. The quantitative estimate of drug-likeness (QED) is 0.291. The fourth-order valence-electron chi connectivity index (χ4n) is 4.07. The molecule has 0 aliphatic heterocycles. The molecule has 1 nitrogen and oxygen atoms in total. The first-order valence-electron chi connectivity index (χ1n) is 11.1. The van der Waals surface area contributed by atoms with Crippen LogP contribution in [-0.4, -0.2) is 0 Å². The standard InChI is InChI=1S/C30H25F2N/c1-21(25-5-3-2-4-6-25)17-28-29(31)18-27(19-30(28)32)26-15-13-23(14-16-26)8-7-22-9-11-24(20-33)12-10-22/h2-6,9-16,18-19,21H,7-8,17H2,1H3/t21-/m1/s1. The average Bonchev–Trinajstić information content (AvgIpc) is 2.86. The second-order valence-corrected chi connectivity index (χ2v) is 8.44. The molecule has 0 amide bonds. The van der Waals surface area contributed by atoms with Crippen molar-refractivity contribution in [3.8, 4) is 17.2 Å². The SMILES string of the molecule is C[C@H](Cc1c(F)cc(-c2ccc(CCc3ccc(C#N)cc3)cc2)cc1F)c1ccccc1. The second-order valence-electron chi connectivity index (χ2n) is 8.44. The van der Waals surface area contributed by atoms with Gasteiger partial charge in [0.2, 0.25) is 0 Å². The second kappa shape index (κ2) is 10.2. The van der Waals surface area contributed by atoms with E-state index in [1.165, 1.54) is 17.7 Å². The summed E-state index contributed by atoms with van der Waals surface area (Å²) in [5.41, 5.74) is 5.51. The Morgan fingerprint density at radius 3 is 1.82 bits per heavy atom. The monoisotopic (exact) mass is 437 g/mol. The molecule has 0 bridgehead atoms. The van der Waals surface area contributed by atoms with Crippen molar-refractivity contribution in [1.29, 1.82) is 5.26 Å². The first-order valence-corrected chi connectivity index (χ1v) is 11.1. The lowest BCUT2D eigenvalue weighted by Gasteiger charge is -2.14. The minimum absolute atomic E-state index is 0.0245. The molecule has 0 radical (unpaired) electrons. The van der Waals surface area contributed by atoms with E-state index >= 15 is 0 Å². The van der Waals surface area contributed by atoms with Gasteiger partial charge in [-0.25, -0.2) is 8.78 Å². The average molecular weight is 438 g/mol. The predicted molar refractivity (Wildman–Crippen MR) is 129 cm³/mol. The van der Waals surface area contributed by atoms with Crippen LogP contribution in [0.15, 0.2) is 91.0 Å². The summed E-state index contributed by atoms with van der Waals surface area (Å²) in [6, 6.07) is 30.2. The van der Waals surface area contributed by atoms with Gasteiger partial charge in [0.05, 0.1) is 11.6 Å². The summed E-state index contributed by atoms with van der Waals surface area (Å²) in [5.74, 6) is -0.980. The molecular weight excluding hydrogens is 412 g/mol. The molecule has 0 aliphatic rings. The van der Waals surface area contributed by atoms with Crippen molar-refractivity contribution in [2.75, 3.05) is 0 Å². The van der Waals surface area contributed by atoms with E-state index in [-0.39, 0.29) is 11.5 Å². The molecule has 0 saturated carbocycles. The van der Waals surface area contributed by atoms with E-state index in [0.717, 1.165) is 29.5 Å². The largest absolute Gasteiger partial charge is 0.207 e. The molecule has 33 heavy (non-hydrogen) atoms. The smallest absolute Gasteiger partial charge is 0.129 e. The topological polar surface area (TPSA) is 23.8 Å². The number of aryl methyl sites for hydroxylation is 2. The van der Waals surface area contributed by atoms with Gasteiger partial charge in [0.15, 0.2) is 0 Å². The highest BCUT2D eigenvalue weighted by Gasteiger charge is 2.16. The number of hydrogen-bond acceptors (Lipinski definition) is 1. The Hall–Kier alpha value is -3.77. The fourth-order valence-corrected chi connectivity index (χ4v) is 4.07. The third-order valence-electron chi connectivity index (χ3n) is 6.09. The molecule has 0 saturated heterocycles. The van der Waals surface area contributed by atoms with Crippen LogP contribution >= 0.6 is 0 Å². The van der Waals surface area contributed by atoms with Crippen molar-refractivity contribution in [2.45, 2.75) is 32.1 Å². The normalized spacial score (nSPS) is 11.7. The minimum Gasteiger partial charge on any atom is -0.207 e. The summed E-state index contributed by atoms with van der Waals surface area (Å²) >= 11 is 0. The fraction of sp³-hybridized carbons (Fsp3) is 0.167. The maximum Gasteiger partial charge on any atom is 0.129 e. The molecule has 0 unspecified atom stereocenters. The van der Waals surface area contributed by atoms with E-state index in [1.807, 2.05) is 85.8 Å². The van der Waals surface area contributed by atoms with Gasteiger partial charge in [-0.3, -0.25) is 0 Å². The molecule has 0 fully saturated rings. The van der Waals surface area contributed by atoms with Crippen LogP contribution in [0.25, 0.3) is 11.1 Å². The van der Waals surface area contributed by atoms with Crippen molar-refractivity contribution >= 4 is 0 Å². The summed E-state index contributed by atoms with van der Waals surface area (Å²) in [6.07, 6.45) is 2.03. The molecular formula is C30H25F2N. The maximum atomic E-state index is 14.9. The third-order valence-corrected chi connectivity index (χ3v) is 6.09. The Labute approximate surface area is 194 Å². The number of rotatable bonds is 7.